The van der Waals surface area contributed by atoms with Crippen molar-refractivity contribution in [1.29, 1.82) is 0 Å². The van der Waals surface area contributed by atoms with Gasteiger partial charge in [0.2, 0.25) is 0 Å². The molecule has 0 N–H and O–H groups in total. The van der Waals surface area contributed by atoms with Crippen molar-refractivity contribution in [2.45, 2.75) is 0 Å². The van der Waals surface area contributed by atoms with Crippen LogP contribution < -0.4 is 0 Å². The van der Waals surface area contributed by atoms with Crippen LogP contribution in [-0.2, 0) is 24.2 Å². The van der Waals surface area contributed by atoms with Crippen LogP contribution in [-0.4, -0.2) is 45.6 Å². The van der Waals surface area contributed by atoms with Gasteiger partial charge in [-0.05, 0) is 0 Å². The zero-order valence-electron chi connectivity index (χ0n) is 1.52. The maximum atomic E-state index is 8.56. The fourth-order valence-electron chi connectivity index (χ4n) is 0. The van der Waals surface area contributed by atoms with Crippen LogP contribution in [0, 0.1) is 0 Å². The molecule has 0 fully saturated rings. The van der Waals surface area contributed by atoms with Crippen LogP contribution in [0.1, 0.15) is 0 Å². The van der Waals surface area contributed by atoms with E-state index in [1.54, 1.807) is 0 Å². The summed E-state index contributed by atoms with van der Waals surface area (Å²) in [5.41, 5.74) is 0. The van der Waals surface area contributed by atoms with E-state index in [1.807, 2.05) is 0 Å². The van der Waals surface area contributed by atoms with Crippen molar-refractivity contribution in [1.82, 2.24) is 0 Å². The summed E-state index contributed by atoms with van der Waals surface area (Å²) in [7, 11) is 0. The first-order chi connectivity index (χ1) is 1.41. The third-order valence-corrected chi connectivity index (χ3v) is 0. The standard InChI is InChI=1S/Ga.In.2O.Zn.6H. The molecule has 2 nitrogen and oxygen atoms in total. The van der Waals surface area contributed by atoms with Crippen molar-refractivity contribution in [3.05, 3.63) is 0 Å². The summed E-state index contributed by atoms with van der Waals surface area (Å²) >= 11 is -2.38. The van der Waals surface area contributed by atoms with Gasteiger partial charge in [0, 0.05) is 0 Å². The minimum atomic E-state index is -2.38. The topological polar surface area (TPSA) is 34.1 Å². The second kappa shape index (κ2) is 17.2. The zero-order chi connectivity index (χ0) is 2.71. The van der Waals surface area contributed by atoms with E-state index in [1.165, 1.54) is 0 Å². The summed E-state index contributed by atoms with van der Waals surface area (Å²) in [5, 5.41) is 0. The van der Waals surface area contributed by atoms with Crippen LogP contribution in [0.4, 0.5) is 0 Å². The molecule has 0 aromatic heterocycles. The monoisotopic (exact) mass is 286 g/mol. The Morgan fingerprint density at radius 2 is 1.20 bits per heavy atom. The van der Waals surface area contributed by atoms with E-state index in [-0.39, 0.29) is 45.6 Å². The van der Waals surface area contributed by atoms with Crippen LogP contribution in [0.5, 0.6) is 0 Å². The van der Waals surface area contributed by atoms with Gasteiger partial charge in [-0.3, -0.25) is 0 Å². The van der Waals surface area contributed by atoms with Crippen molar-refractivity contribution in [2.24, 2.45) is 0 Å². The predicted molar refractivity (Wildman–Crippen MR) is 21.3 cm³/mol. The summed E-state index contributed by atoms with van der Waals surface area (Å²) in [6.45, 7) is 0. The van der Waals surface area contributed by atoms with E-state index >= 15 is 0 Å². The Morgan fingerprint density at radius 1 is 1.20 bits per heavy atom. The van der Waals surface area contributed by atoms with E-state index in [0.717, 1.165) is 0 Å². The second-order valence-electron chi connectivity index (χ2n) is 0.118. The Hall–Kier alpha value is 1.73. The molecular formula is H6GaInO2Zn. The van der Waals surface area contributed by atoms with Crippen LogP contribution in [0.2, 0.25) is 0 Å². The maximum absolute atomic E-state index is 8.56. The average Bonchev–Trinajstić information content (AvgIpc) is 0.918. The van der Waals surface area contributed by atoms with Crippen molar-refractivity contribution < 1.29 is 24.2 Å². The van der Waals surface area contributed by atoms with E-state index < -0.39 is 17.0 Å². The second-order valence-corrected chi connectivity index (χ2v) is 0.612. The Bertz CT molecular complexity index is 30.6. The molecule has 0 saturated carbocycles. The van der Waals surface area contributed by atoms with Crippen LogP contribution in [0.3, 0.4) is 0 Å². The number of hydrogen-bond acceptors (Lipinski definition) is 2. The first-order valence-electron chi connectivity index (χ1n) is 0.577. The van der Waals surface area contributed by atoms with Crippen LogP contribution >= 0.6 is 0 Å². The predicted octanol–water partition coefficient (Wildman–Crippen LogP) is -2.61. The quantitative estimate of drug-likeness (QED) is 0.458. The molecule has 0 aliphatic heterocycles. The summed E-state index contributed by atoms with van der Waals surface area (Å²) < 4.78 is 17.1. The summed E-state index contributed by atoms with van der Waals surface area (Å²) in [6, 6.07) is 0. The van der Waals surface area contributed by atoms with Gasteiger partial charge < -0.3 is 0 Å². The molecular weight excluding hydrogens is 282 g/mol. The van der Waals surface area contributed by atoms with Gasteiger partial charge in [0.05, 0.1) is 0 Å². The Morgan fingerprint density at radius 3 is 1.20 bits per heavy atom. The molecule has 0 bridgehead atoms. The fourth-order valence-corrected chi connectivity index (χ4v) is 0. The van der Waals surface area contributed by atoms with Crippen LogP contribution in [0.25, 0.3) is 0 Å². The molecule has 0 aromatic rings. The molecule has 0 heterocycles. The van der Waals surface area contributed by atoms with E-state index in [2.05, 4.69) is 0 Å². The third kappa shape index (κ3) is 26.6. The van der Waals surface area contributed by atoms with Crippen molar-refractivity contribution in [3.63, 3.8) is 0 Å². The Kier molecular flexibility index (Phi) is 54.6. The molecule has 0 spiro atoms. The first-order valence-corrected chi connectivity index (χ1v) is 3.00. The van der Waals surface area contributed by atoms with Gasteiger partial charge in [0.25, 0.3) is 0 Å². The van der Waals surface area contributed by atoms with Crippen molar-refractivity contribution in [2.75, 3.05) is 0 Å². The average molecular weight is 288 g/mol. The molecule has 0 radical (unpaired) electrons. The molecule has 0 amide bonds. The number of rotatable bonds is 0. The Balaban J connectivity index is -0.0000000200. The van der Waals surface area contributed by atoms with Gasteiger partial charge in [-0.15, -0.1) is 0 Å². The summed E-state index contributed by atoms with van der Waals surface area (Å²) in [6.07, 6.45) is 0. The molecule has 0 aliphatic carbocycles. The van der Waals surface area contributed by atoms with Crippen molar-refractivity contribution in [3.8, 4) is 0 Å². The van der Waals surface area contributed by atoms with Gasteiger partial charge in [-0.1, -0.05) is 0 Å². The SMILES string of the molecule is [GaH3].[InH3].[O]=[Zn]=[O]. The molecule has 0 saturated heterocycles. The van der Waals surface area contributed by atoms with Gasteiger partial charge in [0.15, 0.2) is 0 Å². The molecule has 0 aliphatic rings. The molecule has 5 heavy (non-hydrogen) atoms. The van der Waals surface area contributed by atoms with Crippen molar-refractivity contribution >= 4 is 45.6 Å². The fraction of sp³-hybridized carbons (Fsp3) is 0. The van der Waals surface area contributed by atoms with Gasteiger partial charge in [0.1, 0.15) is 0 Å². The Labute approximate surface area is 69.0 Å². The van der Waals surface area contributed by atoms with Gasteiger partial charge in [-0.2, -0.15) is 0 Å². The van der Waals surface area contributed by atoms with Gasteiger partial charge >= 0.3 is 69.8 Å². The molecule has 0 unspecified atom stereocenters. The minimum absolute atomic E-state index is 0. The number of hydrogen-bond donors (Lipinski definition) is 0. The molecule has 5 heteroatoms. The van der Waals surface area contributed by atoms with Gasteiger partial charge in [-0.25, -0.2) is 0 Å². The zero-order valence-corrected chi connectivity index (χ0v) is 4.49. The molecule has 26 valence electrons. The third-order valence-electron chi connectivity index (χ3n) is 0. The summed E-state index contributed by atoms with van der Waals surface area (Å²) in [4.78, 5) is 0. The normalized spacial score (nSPS) is 4.00. The molecule has 0 aromatic carbocycles. The summed E-state index contributed by atoms with van der Waals surface area (Å²) in [5.74, 6) is 0. The van der Waals surface area contributed by atoms with E-state index in [9.17, 15) is 0 Å². The van der Waals surface area contributed by atoms with Crippen LogP contribution in [0.15, 0.2) is 0 Å². The van der Waals surface area contributed by atoms with E-state index in [0.29, 0.717) is 0 Å². The van der Waals surface area contributed by atoms with E-state index in [4.69, 9.17) is 7.15 Å². The molecule has 0 rings (SSSR count). The molecule has 0 atom stereocenters. The first kappa shape index (κ1) is 15.9.